The third-order valence-electron chi connectivity index (χ3n) is 3.76. The average Bonchev–Trinajstić information content (AvgIpc) is 2.54. The molecule has 0 spiro atoms. The molecule has 2 rings (SSSR count). The highest BCUT2D eigenvalue weighted by Crippen LogP contribution is 2.25. The van der Waals surface area contributed by atoms with Gasteiger partial charge in [-0.05, 0) is 49.6 Å². The fourth-order valence-corrected chi connectivity index (χ4v) is 2.21. The van der Waals surface area contributed by atoms with Gasteiger partial charge in [0.1, 0.15) is 5.75 Å². The summed E-state index contributed by atoms with van der Waals surface area (Å²) in [6.45, 7) is 6.21. The zero-order valence-electron chi connectivity index (χ0n) is 13.5. The van der Waals surface area contributed by atoms with E-state index in [0.717, 1.165) is 22.6 Å². The molecule has 0 saturated heterocycles. The van der Waals surface area contributed by atoms with Crippen molar-refractivity contribution in [3.05, 3.63) is 59.2 Å². The van der Waals surface area contributed by atoms with E-state index in [9.17, 15) is 4.79 Å². The van der Waals surface area contributed by atoms with Gasteiger partial charge in [-0.15, -0.1) is 0 Å². The van der Waals surface area contributed by atoms with Gasteiger partial charge in [-0.2, -0.15) is 0 Å². The van der Waals surface area contributed by atoms with Gasteiger partial charge in [0.25, 0.3) is 0 Å². The molecule has 0 aromatic heterocycles. The molecule has 0 radical (unpaired) electrons. The SMILES string of the molecule is Cc1ccc(C)c(OCNC(=O)N(C)c2ccccc2)c1C. The van der Waals surface area contributed by atoms with Crippen LogP contribution in [0.15, 0.2) is 42.5 Å². The Morgan fingerprint density at radius 3 is 2.36 bits per heavy atom. The minimum absolute atomic E-state index is 0.140. The minimum Gasteiger partial charge on any atom is -0.473 e. The summed E-state index contributed by atoms with van der Waals surface area (Å²) in [5.74, 6) is 0.836. The first-order chi connectivity index (χ1) is 10.5. The van der Waals surface area contributed by atoms with Crippen molar-refractivity contribution in [2.75, 3.05) is 18.7 Å². The number of rotatable bonds is 4. The third kappa shape index (κ3) is 3.58. The monoisotopic (exact) mass is 298 g/mol. The lowest BCUT2D eigenvalue weighted by Gasteiger charge is -2.19. The number of hydrogen-bond donors (Lipinski definition) is 1. The van der Waals surface area contributed by atoms with Gasteiger partial charge < -0.3 is 10.1 Å². The molecule has 22 heavy (non-hydrogen) atoms. The highest BCUT2D eigenvalue weighted by molar-refractivity contribution is 5.91. The van der Waals surface area contributed by atoms with Gasteiger partial charge in [-0.1, -0.05) is 30.3 Å². The number of urea groups is 1. The first-order valence-electron chi connectivity index (χ1n) is 7.27. The smallest absolute Gasteiger partial charge is 0.324 e. The Hall–Kier alpha value is -2.49. The van der Waals surface area contributed by atoms with Crippen LogP contribution in [-0.2, 0) is 0 Å². The van der Waals surface area contributed by atoms with E-state index in [4.69, 9.17) is 4.74 Å². The molecule has 0 fully saturated rings. The van der Waals surface area contributed by atoms with Gasteiger partial charge in [0, 0.05) is 12.7 Å². The molecule has 0 unspecified atom stereocenters. The summed E-state index contributed by atoms with van der Waals surface area (Å²) >= 11 is 0. The van der Waals surface area contributed by atoms with Crippen molar-refractivity contribution in [1.82, 2.24) is 5.32 Å². The number of nitrogens with zero attached hydrogens (tertiary/aromatic N) is 1. The molecule has 0 atom stereocenters. The number of carbonyl (C=O) groups excluding carboxylic acids is 1. The molecular formula is C18H22N2O2. The Labute approximate surface area is 131 Å². The Kier molecular flexibility index (Phi) is 5.04. The Morgan fingerprint density at radius 1 is 1.05 bits per heavy atom. The first-order valence-corrected chi connectivity index (χ1v) is 7.27. The molecule has 0 aliphatic carbocycles. The van der Waals surface area contributed by atoms with Crippen LogP contribution in [0.3, 0.4) is 0 Å². The quantitative estimate of drug-likeness (QED) is 0.872. The minimum atomic E-state index is -0.200. The van der Waals surface area contributed by atoms with Crippen LogP contribution in [-0.4, -0.2) is 19.8 Å². The van der Waals surface area contributed by atoms with Gasteiger partial charge in [-0.3, -0.25) is 4.90 Å². The highest BCUT2D eigenvalue weighted by Gasteiger charge is 2.11. The van der Waals surface area contributed by atoms with Crippen molar-refractivity contribution in [3.8, 4) is 5.75 Å². The Bertz CT molecular complexity index is 654. The maximum absolute atomic E-state index is 12.1. The molecule has 0 aliphatic rings. The number of anilines is 1. The zero-order chi connectivity index (χ0) is 16.1. The molecule has 0 saturated carbocycles. The number of amides is 2. The summed E-state index contributed by atoms with van der Waals surface area (Å²) in [4.78, 5) is 13.7. The Morgan fingerprint density at radius 2 is 1.68 bits per heavy atom. The largest absolute Gasteiger partial charge is 0.473 e. The number of aryl methyl sites for hydroxylation is 2. The molecule has 116 valence electrons. The van der Waals surface area contributed by atoms with Crippen molar-refractivity contribution >= 4 is 11.7 Å². The van der Waals surface area contributed by atoms with Crippen molar-refractivity contribution in [2.24, 2.45) is 0 Å². The van der Waals surface area contributed by atoms with Crippen molar-refractivity contribution in [1.29, 1.82) is 0 Å². The number of para-hydroxylation sites is 1. The molecule has 4 heteroatoms. The number of ether oxygens (including phenoxy) is 1. The summed E-state index contributed by atoms with van der Waals surface area (Å²) in [6.07, 6.45) is 0. The second-order valence-electron chi connectivity index (χ2n) is 5.32. The first kappa shape index (κ1) is 15.9. The fraction of sp³-hybridized carbons (Fsp3) is 0.278. The van der Waals surface area contributed by atoms with E-state index in [1.807, 2.05) is 57.2 Å². The van der Waals surface area contributed by atoms with E-state index in [0.29, 0.717) is 0 Å². The van der Waals surface area contributed by atoms with E-state index in [1.54, 1.807) is 11.9 Å². The maximum Gasteiger partial charge on any atom is 0.324 e. The van der Waals surface area contributed by atoms with Crippen molar-refractivity contribution < 1.29 is 9.53 Å². The molecule has 0 aliphatic heterocycles. The van der Waals surface area contributed by atoms with Crippen LogP contribution in [0.25, 0.3) is 0 Å². The molecular weight excluding hydrogens is 276 g/mol. The predicted molar refractivity (Wildman–Crippen MR) is 89.5 cm³/mol. The lowest BCUT2D eigenvalue weighted by atomic mass is 10.1. The summed E-state index contributed by atoms with van der Waals surface area (Å²) in [5, 5.41) is 2.77. The molecule has 0 heterocycles. The number of hydrogen-bond acceptors (Lipinski definition) is 2. The van der Waals surface area contributed by atoms with Crippen LogP contribution >= 0.6 is 0 Å². The summed E-state index contributed by atoms with van der Waals surface area (Å²) in [7, 11) is 1.73. The van der Waals surface area contributed by atoms with Crippen LogP contribution in [0.1, 0.15) is 16.7 Å². The summed E-state index contributed by atoms with van der Waals surface area (Å²) < 4.78 is 5.75. The third-order valence-corrected chi connectivity index (χ3v) is 3.76. The molecule has 2 amide bonds. The van der Waals surface area contributed by atoms with Gasteiger partial charge in [0.2, 0.25) is 0 Å². The molecule has 2 aromatic carbocycles. The van der Waals surface area contributed by atoms with Crippen molar-refractivity contribution in [3.63, 3.8) is 0 Å². The van der Waals surface area contributed by atoms with Crippen LogP contribution in [0.2, 0.25) is 0 Å². The highest BCUT2D eigenvalue weighted by atomic mass is 16.5. The second kappa shape index (κ2) is 6.98. The number of benzene rings is 2. The van der Waals surface area contributed by atoms with Crippen LogP contribution < -0.4 is 15.0 Å². The van der Waals surface area contributed by atoms with Crippen LogP contribution in [0, 0.1) is 20.8 Å². The van der Waals surface area contributed by atoms with E-state index in [2.05, 4.69) is 11.4 Å². The number of carbonyl (C=O) groups is 1. The van der Waals surface area contributed by atoms with Crippen LogP contribution in [0.4, 0.5) is 10.5 Å². The van der Waals surface area contributed by atoms with Crippen molar-refractivity contribution in [2.45, 2.75) is 20.8 Å². The molecule has 1 N–H and O–H groups in total. The average molecular weight is 298 g/mol. The summed E-state index contributed by atoms with van der Waals surface area (Å²) in [6, 6.07) is 13.4. The van der Waals surface area contributed by atoms with E-state index >= 15 is 0 Å². The van der Waals surface area contributed by atoms with Gasteiger partial charge in [0.15, 0.2) is 6.73 Å². The zero-order valence-corrected chi connectivity index (χ0v) is 13.5. The summed E-state index contributed by atoms with van der Waals surface area (Å²) in [5.41, 5.74) is 4.18. The Balaban J connectivity index is 1.94. The van der Waals surface area contributed by atoms with Gasteiger partial charge in [-0.25, -0.2) is 4.79 Å². The van der Waals surface area contributed by atoms with Gasteiger partial charge in [0.05, 0.1) is 0 Å². The van der Waals surface area contributed by atoms with E-state index < -0.39 is 0 Å². The predicted octanol–water partition coefficient (Wildman–Crippen LogP) is 3.79. The standard InChI is InChI=1S/C18H22N2O2/c1-13-10-11-14(2)17(15(13)3)22-12-19-18(21)20(4)16-8-6-5-7-9-16/h5-11H,12H2,1-4H3,(H,19,21). The van der Waals surface area contributed by atoms with Gasteiger partial charge >= 0.3 is 6.03 Å². The lowest BCUT2D eigenvalue weighted by Crippen LogP contribution is -2.39. The molecule has 4 nitrogen and oxygen atoms in total. The maximum atomic E-state index is 12.1. The fourth-order valence-electron chi connectivity index (χ4n) is 2.21. The number of nitrogens with one attached hydrogen (secondary N) is 1. The van der Waals surface area contributed by atoms with Crippen LogP contribution in [0.5, 0.6) is 5.75 Å². The van der Waals surface area contributed by atoms with E-state index in [-0.39, 0.29) is 12.8 Å². The normalized spacial score (nSPS) is 10.2. The molecule has 0 bridgehead atoms. The van der Waals surface area contributed by atoms with E-state index in [1.165, 1.54) is 5.56 Å². The topological polar surface area (TPSA) is 41.6 Å². The second-order valence-corrected chi connectivity index (χ2v) is 5.32. The molecule has 2 aromatic rings. The lowest BCUT2D eigenvalue weighted by molar-refractivity contribution is 0.229.